The van der Waals surface area contributed by atoms with Crippen molar-refractivity contribution in [3.63, 3.8) is 0 Å². The van der Waals surface area contributed by atoms with Crippen molar-refractivity contribution < 1.29 is 33.6 Å². The molecule has 2 aromatic rings. The smallest absolute Gasteiger partial charge is 0.00217 e. The van der Waals surface area contributed by atoms with Gasteiger partial charge in [-0.3, -0.25) is 0 Å². The number of benzene rings is 2. The molecule has 0 N–H and O–H groups in total. The second-order valence-electron chi connectivity index (χ2n) is 5.94. The first-order chi connectivity index (χ1) is 10.6. The molecule has 122 valence electrons. The third kappa shape index (κ3) is 4.54. The maximum atomic E-state index is 3.61. The molecule has 0 amide bonds. The Labute approximate surface area is 157 Å². The Bertz CT molecular complexity index is 759. The summed E-state index contributed by atoms with van der Waals surface area (Å²) in [5.74, 6) is 0.416. The normalized spacial score (nSPS) is 13.2. The van der Waals surface area contributed by atoms with Gasteiger partial charge in [0, 0.05) is 0 Å². The van der Waals surface area contributed by atoms with Gasteiger partial charge < -0.3 is 9.41 Å². The molecule has 0 bridgehead atoms. The van der Waals surface area contributed by atoms with Crippen LogP contribution >= 0.6 is 0 Å². The summed E-state index contributed by atoms with van der Waals surface area (Å²) in [6, 6.07) is 16.7. The summed E-state index contributed by atoms with van der Waals surface area (Å²) in [5.41, 5.74) is 6.81. The fourth-order valence-corrected chi connectivity index (χ4v) is 2.91. The van der Waals surface area contributed by atoms with Crippen molar-refractivity contribution >= 4 is 3.21 Å². The fraction of sp³-hybridized carbons (Fsp3) is 0.190. The maximum absolute atomic E-state index is 3.61. The molecule has 2 aliphatic rings. The van der Waals surface area contributed by atoms with E-state index in [4.69, 9.17) is 0 Å². The van der Waals surface area contributed by atoms with Crippen LogP contribution in [0.15, 0.2) is 60.7 Å². The van der Waals surface area contributed by atoms with Gasteiger partial charge in [-0.1, -0.05) is 59.7 Å². The van der Waals surface area contributed by atoms with Crippen molar-refractivity contribution in [3.8, 4) is 11.1 Å². The Kier molecular flexibility index (Phi) is 7.83. The van der Waals surface area contributed by atoms with Crippen molar-refractivity contribution in [1.29, 1.82) is 0 Å². The number of rotatable bonds is 1. The number of allylic oxidation sites excluding steroid dienone is 4. The van der Waals surface area contributed by atoms with E-state index in [1.165, 1.54) is 31.0 Å². The first kappa shape index (κ1) is 20.6. The second kappa shape index (κ2) is 9.13. The van der Waals surface area contributed by atoms with Crippen LogP contribution in [0.1, 0.15) is 36.5 Å². The van der Waals surface area contributed by atoms with E-state index < -0.39 is 0 Å². The fourth-order valence-electron chi connectivity index (χ4n) is 2.91. The van der Waals surface area contributed by atoms with Gasteiger partial charge in [-0.2, -0.15) is 23.8 Å². The van der Waals surface area contributed by atoms with Crippen LogP contribution < -0.4 is 9.41 Å². The Morgan fingerprint density at radius 3 is 2.25 bits per heavy atom. The number of hydrogen-bond donors (Lipinski definition) is 0. The van der Waals surface area contributed by atoms with E-state index >= 15 is 0 Å². The Morgan fingerprint density at radius 1 is 0.958 bits per heavy atom. The summed E-state index contributed by atoms with van der Waals surface area (Å²) >= 11 is 1.55. The van der Waals surface area contributed by atoms with Crippen LogP contribution in [0.2, 0.25) is 0 Å². The zero-order valence-corrected chi connectivity index (χ0v) is 16.3. The molecule has 0 nitrogen and oxygen atoms in total. The van der Waals surface area contributed by atoms with Gasteiger partial charge in [-0.25, -0.2) is 0 Å². The quantitative estimate of drug-likeness (QED) is 0.461. The summed E-state index contributed by atoms with van der Waals surface area (Å²) in [6.45, 7) is 4.25. The molecular formula is C21H19F2Zr-. The third-order valence-electron chi connectivity index (χ3n) is 3.83. The molecule has 0 fully saturated rings. The predicted molar refractivity (Wildman–Crippen MR) is 90.9 cm³/mol. The average Bonchev–Trinajstić information content (AvgIpc) is 3.13. The van der Waals surface area contributed by atoms with Crippen LogP contribution in [0.4, 0.5) is 0 Å². The first-order valence-corrected chi connectivity index (χ1v) is 8.88. The van der Waals surface area contributed by atoms with Crippen LogP contribution in [0, 0.1) is 6.07 Å². The summed E-state index contributed by atoms with van der Waals surface area (Å²) < 4.78 is 1.51. The van der Waals surface area contributed by atoms with Gasteiger partial charge >= 0.3 is 41.3 Å². The molecule has 24 heavy (non-hydrogen) atoms. The summed E-state index contributed by atoms with van der Waals surface area (Å²) in [4.78, 5) is 0. The minimum absolute atomic E-state index is 0. The first-order valence-electron chi connectivity index (χ1n) is 7.65. The van der Waals surface area contributed by atoms with E-state index in [0.717, 1.165) is 6.42 Å². The van der Waals surface area contributed by atoms with E-state index in [1.54, 1.807) is 24.2 Å². The Hall–Kier alpha value is -1.47. The van der Waals surface area contributed by atoms with Crippen molar-refractivity contribution in [1.82, 2.24) is 0 Å². The SMILES string of the molecule is C[C](C)=[Zr+2].[F-].[F-].[c-]1c(C2C=CC=C2)ccc2c1Cc1ccccc1-2. The monoisotopic (exact) mass is 399 g/mol. The van der Waals surface area contributed by atoms with Crippen LogP contribution in [0.3, 0.4) is 0 Å². The van der Waals surface area contributed by atoms with Crippen LogP contribution in [-0.2, 0) is 30.7 Å². The van der Waals surface area contributed by atoms with Gasteiger partial charge in [0.1, 0.15) is 0 Å². The molecule has 4 rings (SSSR count). The molecule has 0 aromatic heterocycles. The maximum Gasteiger partial charge on any atom is -0.00217 e. The average molecular weight is 401 g/mol. The molecule has 0 aliphatic heterocycles. The molecule has 2 aromatic carbocycles. The van der Waals surface area contributed by atoms with Crippen LogP contribution in [0.25, 0.3) is 11.1 Å². The van der Waals surface area contributed by atoms with Gasteiger partial charge in [0.05, 0.1) is 0 Å². The molecule has 3 heteroatoms. The van der Waals surface area contributed by atoms with Gasteiger partial charge in [0.25, 0.3) is 0 Å². The minimum atomic E-state index is 0. The van der Waals surface area contributed by atoms with Crippen LogP contribution in [0.5, 0.6) is 0 Å². The van der Waals surface area contributed by atoms with Crippen molar-refractivity contribution in [3.05, 3.63) is 83.5 Å². The van der Waals surface area contributed by atoms with Gasteiger partial charge in [0.2, 0.25) is 0 Å². The minimum Gasteiger partial charge on any atom is -1.00 e. The molecule has 0 unspecified atom stereocenters. The molecule has 0 atom stereocenters. The Balaban J connectivity index is 0.000000438. The topological polar surface area (TPSA) is 0 Å². The van der Waals surface area contributed by atoms with Gasteiger partial charge in [-0.15, -0.1) is 11.1 Å². The summed E-state index contributed by atoms with van der Waals surface area (Å²) in [6.07, 6.45) is 9.70. The number of fused-ring (bicyclic) bond motifs is 3. The molecule has 0 saturated carbocycles. The molecule has 0 saturated heterocycles. The van der Waals surface area contributed by atoms with Crippen molar-refractivity contribution in [2.75, 3.05) is 0 Å². The molecular weight excluding hydrogens is 381 g/mol. The van der Waals surface area contributed by atoms with E-state index in [1.807, 2.05) is 0 Å². The molecule has 2 aliphatic carbocycles. The number of hydrogen-bond acceptors (Lipinski definition) is 0. The molecule has 0 radical (unpaired) electrons. The van der Waals surface area contributed by atoms with E-state index in [9.17, 15) is 0 Å². The summed E-state index contributed by atoms with van der Waals surface area (Å²) in [7, 11) is 0. The predicted octanol–water partition coefficient (Wildman–Crippen LogP) is -0.979. The Morgan fingerprint density at radius 2 is 1.58 bits per heavy atom. The standard InChI is InChI=1S/C18H13.C3H6.2FH.Zr/c1-2-6-13(5-1)14-9-10-18-16(11-14)12-15-7-3-4-8-17(15)18;1-3-2;;;/h1-10,13H,12H2;1-2H3;2*1H;/q-1;;;;+2/p-2. The van der Waals surface area contributed by atoms with Gasteiger partial charge in [0.15, 0.2) is 0 Å². The zero-order chi connectivity index (χ0) is 15.5. The van der Waals surface area contributed by atoms with Crippen LogP contribution in [-0.4, -0.2) is 3.21 Å². The van der Waals surface area contributed by atoms with Crippen molar-refractivity contribution in [2.45, 2.75) is 26.2 Å². The molecule has 0 spiro atoms. The van der Waals surface area contributed by atoms with Gasteiger partial charge in [-0.05, 0) is 12.3 Å². The summed E-state index contributed by atoms with van der Waals surface area (Å²) in [5, 5.41) is 0. The molecule has 0 heterocycles. The largest absolute Gasteiger partial charge is 1.00 e. The van der Waals surface area contributed by atoms with E-state index in [2.05, 4.69) is 80.6 Å². The zero-order valence-electron chi connectivity index (χ0n) is 13.8. The number of halogens is 2. The third-order valence-corrected chi connectivity index (χ3v) is 3.83. The van der Waals surface area contributed by atoms with Crippen molar-refractivity contribution in [2.24, 2.45) is 0 Å². The van der Waals surface area contributed by atoms with E-state index in [-0.39, 0.29) is 9.41 Å². The second-order valence-corrected chi connectivity index (χ2v) is 8.39. The van der Waals surface area contributed by atoms with E-state index in [0.29, 0.717) is 5.92 Å².